The van der Waals surface area contributed by atoms with E-state index < -0.39 is 10.1 Å². The van der Waals surface area contributed by atoms with E-state index >= 15 is 0 Å². The second-order valence-corrected chi connectivity index (χ2v) is 5.22. The van der Waals surface area contributed by atoms with E-state index in [-0.39, 0.29) is 0 Å². The molecule has 0 aliphatic carbocycles. The summed E-state index contributed by atoms with van der Waals surface area (Å²) in [7, 11) is -3.67. The summed E-state index contributed by atoms with van der Waals surface area (Å²) in [6, 6.07) is 10.5. The summed E-state index contributed by atoms with van der Waals surface area (Å²) < 4.78 is 25.9. The summed E-state index contributed by atoms with van der Waals surface area (Å²) in [5, 5.41) is 8.56. The highest BCUT2D eigenvalue weighted by molar-refractivity contribution is 7.85. The van der Waals surface area contributed by atoms with E-state index in [0.717, 1.165) is 19.3 Å². The maximum Gasteiger partial charge on any atom is 0.261 e. The molecule has 0 bridgehead atoms. The number of aliphatic hydroxyl groups is 1. The largest absolute Gasteiger partial charge is 0.396 e. The molecule has 0 aliphatic rings. The Morgan fingerprint density at radius 1 is 1.06 bits per heavy atom. The summed E-state index contributed by atoms with van der Waals surface area (Å²) >= 11 is 0. The minimum Gasteiger partial charge on any atom is -0.396 e. The first-order chi connectivity index (χ1) is 7.93. The molecular weight excluding hydrogens is 240 g/mol. The Morgan fingerprint density at radius 3 is 2.06 bits per heavy atom. The molecule has 0 amide bonds. The Bertz CT molecular complexity index is 365. The fourth-order valence-electron chi connectivity index (χ4n) is 1.26. The monoisotopic (exact) mass is 260 g/mol. The number of hydrogen-bond acceptors (Lipinski definition) is 3. The van der Waals surface area contributed by atoms with Crippen molar-refractivity contribution >= 4 is 10.1 Å². The van der Waals surface area contributed by atoms with Gasteiger partial charge in [-0.05, 0) is 24.8 Å². The number of benzene rings is 1. The van der Waals surface area contributed by atoms with Crippen LogP contribution in [0.5, 0.6) is 0 Å². The summed E-state index contributed by atoms with van der Waals surface area (Å²) in [6.45, 7) is 0.328. The summed E-state index contributed by atoms with van der Waals surface area (Å²) in [6.07, 6.45) is 5.11. The second-order valence-electron chi connectivity index (χ2n) is 3.75. The molecule has 98 valence electrons. The van der Waals surface area contributed by atoms with E-state index in [1.807, 2.05) is 6.07 Å². The van der Waals surface area contributed by atoms with E-state index in [4.69, 9.17) is 9.66 Å². The van der Waals surface area contributed by atoms with Crippen LogP contribution in [0.15, 0.2) is 30.3 Å². The van der Waals surface area contributed by atoms with Crippen LogP contribution in [0, 0.1) is 0 Å². The van der Waals surface area contributed by atoms with Crippen LogP contribution >= 0.6 is 0 Å². The van der Waals surface area contributed by atoms with Crippen molar-refractivity contribution in [1.29, 1.82) is 0 Å². The lowest BCUT2D eigenvalue weighted by Crippen LogP contribution is -1.88. The van der Waals surface area contributed by atoms with Crippen LogP contribution in [0.25, 0.3) is 0 Å². The van der Waals surface area contributed by atoms with Gasteiger partial charge in [-0.1, -0.05) is 36.8 Å². The Hall–Kier alpha value is -0.910. The van der Waals surface area contributed by atoms with Crippen LogP contribution in [0.1, 0.15) is 24.8 Å². The molecule has 0 aliphatic heterocycles. The van der Waals surface area contributed by atoms with Gasteiger partial charge in [0, 0.05) is 6.61 Å². The average Bonchev–Trinajstić information content (AvgIpc) is 2.24. The summed E-state index contributed by atoms with van der Waals surface area (Å²) in [5.74, 6) is 0. The topological polar surface area (TPSA) is 74.6 Å². The number of aliphatic hydroxyl groups excluding tert-OH is 1. The van der Waals surface area contributed by atoms with Gasteiger partial charge >= 0.3 is 0 Å². The van der Waals surface area contributed by atoms with Crippen LogP contribution in [0.4, 0.5) is 0 Å². The normalized spacial score (nSPS) is 10.5. The van der Waals surface area contributed by atoms with Gasteiger partial charge in [0.15, 0.2) is 0 Å². The third kappa shape index (κ3) is 15.1. The van der Waals surface area contributed by atoms with Crippen molar-refractivity contribution in [1.82, 2.24) is 0 Å². The Morgan fingerprint density at radius 2 is 1.59 bits per heavy atom. The first-order valence-electron chi connectivity index (χ1n) is 5.50. The highest BCUT2D eigenvalue weighted by atomic mass is 32.2. The molecule has 0 spiro atoms. The van der Waals surface area contributed by atoms with Gasteiger partial charge in [0.1, 0.15) is 0 Å². The molecule has 0 atom stereocenters. The molecule has 2 N–H and O–H groups in total. The molecule has 1 rings (SSSR count). The Balaban J connectivity index is 0.000000437. The number of unbranched alkanes of at least 4 members (excludes halogenated alkanes) is 2. The fraction of sp³-hybridized carbons (Fsp3) is 0.500. The first-order valence-corrected chi connectivity index (χ1v) is 7.35. The van der Waals surface area contributed by atoms with Gasteiger partial charge in [-0.25, -0.2) is 0 Å². The maximum absolute atomic E-state index is 9.19. The SMILES string of the molecule is CS(=O)(=O)O.OCCCCCc1ccccc1. The van der Waals surface area contributed by atoms with Crippen molar-refractivity contribution in [2.45, 2.75) is 25.7 Å². The number of rotatable bonds is 5. The van der Waals surface area contributed by atoms with Gasteiger partial charge in [-0.2, -0.15) is 8.42 Å². The lowest BCUT2D eigenvalue weighted by molar-refractivity contribution is 0.283. The van der Waals surface area contributed by atoms with E-state index in [1.54, 1.807) is 0 Å². The zero-order valence-corrected chi connectivity index (χ0v) is 10.9. The van der Waals surface area contributed by atoms with Gasteiger partial charge < -0.3 is 5.11 Å². The lowest BCUT2D eigenvalue weighted by atomic mass is 10.1. The van der Waals surface area contributed by atoms with Crippen molar-refractivity contribution in [3.05, 3.63) is 35.9 Å². The van der Waals surface area contributed by atoms with Crippen molar-refractivity contribution in [2.75, 3.05) is 12.9 Å². The van der Waals surface area contributed by atoms with Crippen LogP contribution in [0.2, 0.25) is 0 Å². The first kappa shape index (κ1) is 16.1. The number of hydrogen-bond donors (Lipinski definition) is 2. The van der Waals surface area contributed by atoms with Crippen molar-refractivity contribution in [3.8, 4) is 0 Å². The van der Waals surface area contributed by atoms with Gasteiger partial charge in [-0.15, -0.1) is 0 Å². The second kappa shape index (κ2) is 9.15. The molecule has 5 heteroatoms. The molecule has 17 heavy (non-hydrogen) atoms. The predicted octanol–water partition coefficient (Wildman–Crippen LogP) is 1.90. The number of aryl methyl sites for hydroxylation is 1. The van der Waals surface area contributed by atoms with Gasteiger partial charge in [0.2, 0.25) is 0 Å². The van der Waals surface area contributed by atoms with Gasteiger partial charge in [0.05, 0.1) is 6.26 Å². The maximum atomic E-state index is 9.19. The zero-order valence-electron chi connectivity index (χ0n) is 10.0. The molecule has 0 saturated carbocycles. The van der Waals surface area contributed by atoms with E-state index in [1.165, 1.54) is 12.0 Å². The lowest BCUT2D eigenvalue weighted by Gasteiger charge is -1.99. The van der Waals surface area contributed by atoms with Crippen LogP contribution in [-0.2, 0) is 16.5 Å². The van der Waals surface area contributed by atoms with Gasteiger partial charge in [0.25, 0.3) is 10.1 Å². The third-order valence-corrected chi connectivity index (χ3v) is 1.97. The van der Waals surface area contributed by atoms with Gasteiger partial charge in [-0.3, -0.25) is 4.55 Å². The predicted molar refractivity (Wildman–Crippen MR) is 68.6 cm³/mol. The smallest absolute Gasteiger partial charge is 0.261 e. The summed E-state index contributed by atoms with van der Waals surface area (Å²) in [4.78, 5) is 0. The molecule has 1 aromatic carbocycles. The minimum atomic E-state index is -3.67. The molecule has 0 radical (unpaired) electrons. The van der Waals surface area contributed by atoms with E-state index in [2.05, 4.69) is 24.3 Å². The molecule has 1 aromatic rings. The molecule has 0 saturated heterocycles. The quantitative estimate of drug-likeness (QED) is 0.626. The van der Waals surface area contributed by atoms with Crippen LogP contribution < -0.4 is 0 Å². The Labute approximate surface area is 103 Å². The fourth-order valence-corrected chi connectivity index (χ4v) is 1.26. The van der Waals surface area contributed by atoms with Crippen molar-refractivity contribution in [3.63, 3.8) is 0 Å². The molecular formula is C12H20O4S. The summed E-state index contributed by atoms with van der Waals surface area (Å²) in [5.41, 5.74) is 1.40. The third-order valence-electron chi connectivity index (χ3n) is 1.97. The van der Waals surface area contributed by atoms with Crippen LogP contribution in [0.3, 0.4) is 0 Å². The minimum absolute atomic E-state index is 0.328. The molecule has 0 fully saturated rings. The highest BCUT2D eigenvalue weighted by Crippen LogP contribution is 2.05. The van der Waals surface area contributed by atoms with Crippen molar-refractivity contribution < 1.29 is 18.1 Å². The molecule has 0 heterocycles. The van der Waals surface area contributed by atoms with Crippen molar-refractivity contribution in [2.24, 2.45) is 0 Å². The highest BCUT2D eigenvalue weighted by Gasteiger charge is 1.90. The molecule has 0 unspecified atom stereocenters. The molecule has 4 nitrogen and oxygen atoms in total. The van der Waals surface area contributed by atoms with E-state index in [0.29, 0.717) is 12.9 Å². The van der Waals surface area contributed by atoms with E-state index in [9.17, 15) is 8.42 Å². The standard InChI is InChI=1S/C11H16O.CH4O3S/c12-10-6-2-5-9-11-7-3-1-4-8-11;1-5(2,3)4/h1,3-4,7-8,12H,2,5-6,9-10H2;1H3,(H,2,3,4). The zero-order chi connectivity index (χ0) is 13.1. The molecule has 0 aromatic heterocycles. The van der Waals surface area contributed by atoms with Crippen LogP contribution in [-0.4, -0.2) is 30.9 Å². The average molecular weight is 260 g/mol. The Kier molecular flexibility index (Phi) is 8.66.